The second-order valence-electron chi connectivity index (χ2n) is 13.5. The van der Waals surface area contributed by atoms with Gasteiger partial charge in [0.1, 0.15) is 17.1 Å². The Morgan fingerprint density at radius 1 is 0.976 bits per heavy atom. The molecule has 3 aliphatic carbocycles. The van der Waals surface area contributed by atoms with E-state index in [0.717, 1.165) is 62.3 Å². The number of hydrogen-bond donors (Lipinski definition) is 1. The fraction of sp³-hybridized carbons (Fsp3) is 0.486. The Kier molecular flexibility index (Phi) is 8.31. The van der Waals surface area contributed by atoms with Gasteiger partial charge in [0.25, 0.3) is 0 Å². The Morgan fingerprint density at radius 3 is 2.31 bits per heavy atom. The predicted molar refractivity (Wildman–Crippen MR) is 170 cm³/mol. The van der Waals surface area contributed by atoms with Crippen molar-refractivity contribution in [2.75, 3.05) is 24.5 Å². The van der Waals surface area contributed by atoms with E-state index >= 15 is 0 Å². The first-order valence-corrected chi connectivity index (χ1v) is 16.0. The fourth-order valence-corrected chi connectivity index (χ4v) is 8.33. The number of carboxylic acid groups (broad SMARTS) is 1. The molecule has 1 saturated heterocycles. The van der Waals surface area contributed by atoms with Gasteiger partial charge in [0, 0.05) is 36.9 Å². The summed E-state index contributed by atoms with van der Waals surface area (Å²) in [5, 5.41) is 9.78. The summed E-state index contributed by atoms with van der Waals surface area (Å²) in [4.78, 5) is 17.3. The van der Waals surface area contributed by atoms with E-state index in [0.29, 0.717) is 29.0 Å². The number of fused-ring (bicyclic) bond motifs is 2. The van der Waals surface area contributed by atoms with Crippen molar-refractivity contribution < 1.29 is 14.6 Å². The highest BCUT2D eigenvalue weighted by atomic mass is 16.5. The molecular formula is C37H46N2O3. The number of rotatable bonds is 10. The molecule has 42 heavy (non-hydrogen) atoms. The van der Waals surface area contributed by atoms with Gasteiger partial charge in [-0.2, -0.15) is 0 Å². The van der Waals surface area contributed by atoms with Crippen LogP contribution in [0.25, 0.3) is 0 Å². The Labute approximate surface area is 251 Å². The SMILES string of the molecule is C[C@H]1[C@@H](N(CCCc2ccccc2)C2CCN(c3ccc(C(=O)O)c(Oc4ccccc4)c3)CC2)C[C@@H]2C[C@@H]1C2(C)C. The monoisotopic (exact) mass is 566 g/mol. The number of hydrogen-bond acceptors (Lipinski definition) is 4. The zero-order valence-corrected chi connectivity index (χ0v) is 25.4. The number of ether oxygens (including phenoxy) is 1. The van der Waals surface area contributed by atoms with Gasteiger partial charge in [-0.3, -0.25) is 4.90 Å². The van der Waals surface area contributed by atoms with E-state index in [1.165, 1.54) is 24.8 Å². The summed E-state index contributed by atoms with van der Waals surface area (Å²) in [7, 11) is 0. The maximum absolute atomic E-state index is 11.9. The fourth-order valence-electron chi connectivity index (χ4n) is 8.33. The summed E-state index contributed by atoms with van der Waals surface area (Å²) in [5.41, 5.74) is 3.16. The summed E-state index contributed by atoms with van der Waals surface area (Å²) in [5.74, 6) is 2.50. The molecule has 0 unspecified atom stereocenters. The molecule has 3 aromatic carbocycles. The van der Waals surface area contributed by atoms with E-state index in [2.05, 4.69) is 60.9 Å². The predicted octanol–water partition coefficient (Wildman–Crippen LogP) is 8.15. The van der Waals surface area contributed by atoms with E-state index < -0.39 is 5.97 Å². The number of carboxylic acids is 1. The first kappa shape index (κ1) is 28.8. The highest BCUT2D eigenvalue weighted by molar-refractivity contribution is 5.91. The minimum Gasteiger partial charge on any atom is -0.478 e. The molecule has 4 aliphatic rings. The Balaban J connectivity index is 1.15. The summed E-state index contributed by atoms with van der Waals surface area (Å²) >= 11 is 0. The van der Waals surface area contributed by atoms with E-state index in [9.17, 15) is 9.90 Å². The second kappa shape index (κ2) is 12.1. The van der Waals surface area contributed by atoms with Crippen molar-refractivity contribution in [1.82, 2.24) is 4.90 Å². The molecule has 7 rings (SSSR count). The lowest BCUT2D eigenvalue weighted by molar-refractivity contribution is -0.145. The maximum Gasteiger partial charge on any atom is 0.339 e. The van der Waals surface area contributed by atoms with Crippen molar-refractivity contribution in [3.05, 3.63) is 90.0 Å². The van der Waals surface area contributed by atoms with E-state index in [1.807, 2.05) is 42.5 Å². The molecule has 1 N–H and O–H groups in total. The van der Waals surface area contributed by atoms with Gasteiger partial charge in [0.05, 0.1) is 0 Å². The van der Waals surface area contributed by atoms with Crippen LogP contribution in [0.5, 0.6) is 11.5 Å². The van der Waals surface area contributed by atoms with E-state index in [1.54, 1.807) is 6.07 Å². The van der Waals surface area contributed by atoms with Crippen LogP contribution in [0, 0.1) is 23.2 Å². The molecular weight excluding hydrogens is 520 g/mol. The molecule has 1 heterocycles. The van der Waals surface area contributed by atoms with Gasteiger partial charge >= 0.3 is 5.97 Å². The summed E-state index contributed by atoms with van der Waals surface area (Å²) in [6.07, 6.45) is 7.35. The standard InChI is InChI=1S/C37H46N2O3/c1-26-33-23-28(37(33,2)3)24-34(26)39(20-10-13-27-11-6-4-7-12-27)29-18-21-38(22-19-29)30-16-17-32(36(40)41)35(25-30)42-31-14-8-5-9-15-31/h4-9,11-12,14-17,25-26,28-29,33-34H,10,13,18-24H2,1-3H3,(H,40,41)/t26-,28+,33+,34+/m1/s1. The molecule has 222 valence electrons. The van der Waals surface area contributed by atoms with Crippen LogP contribution in [0.3, 0.4) is 0 Å². The highest BCUT2D eigenvalue weighted by Gasteiger charge is 2.57. The van der Waals surface area contributed by atoms with Crippen LogP contribution in [-0.4, -0.2) is 47.7 Å². The third-order valence-electron chi connectivity index (χ3n) is 10.9. The van der Waals surface area contributed by atoms with Gasteiger partial charge in [0.2, 0.25) is 0 Å². The smallest absolute Gasteiger partial charge is 0.339 e. The Bertz CT molecular complexity index is 1350. The van der Waals surface area contributed by atoms with Gasteiger partial charge in [-0.15, -0.1) is 0 Å². The molecule has 2 bridgehead atoms. The van der Waals surface area contributed by atoms with Crippen molar-refractivity contribution in [3.8, 4) is 11.5 Å². The van der Waals surface area contributed by atoms with Crippen LogP contribution in [0.4, 0.5) is 5.69 Å². The van der Waals surface area contributed by atoms with Crippen LogP contribution in [0.15, 0.2) is 78.9 Å². The van der Waals surface area contributed by atoms with Gasteiger partial charge in [-0.1, -0.05) is 69.3 Å². The quantitative estimate of drug-likeness (QED) is 0.268. The zero-order valence-electron chi connectivity index (χ0n) is 25.4. The molecule has 0 radical (unpaired) electrons. The van der Waals surface area contributed by atoms with Gasteiger partial charge in [-0.05, 0) is 98.1 Å². The van der Waals surface area contributed by atoms with Crippen LogP contribution >= 0.6 is 0 Å². The first-order chi connectivity index (χ1) is 20.3. The van der Waals surface area contributed by atoms with Crippen LogP contribution in [0.2, 0.25) is 0 Å². The number of para-hydroxylation sites is 1. The minimum atomic E-state index is -0.972. The molecule has 0 spiro atoms. The highest BCUT2D eigenvalue weighted by Crippen LogP contribution is 2.62. The molecule has 5 nitrogen and oxygen atoms in total. The number of carbonyl (C=O) groups is 1. The number of aromatic carboxylic acids is 1. The molecule has 4 atom stereocenters. The average molecular weight is 567 g/mol. The van der Waals surface area contributed by atoms with Crippen molar-refractivity contribution in [3.63, 3.8) is 0 Å². The van der Waals surface area contributed by atoms with Crippen molar-refractivity contribution in [1.29, 1.82) is 0 Å². The largest absolute Gasteiger partial charge is 0.478 e. The first-order valence-electron chi connectivity index (χ1n) is 16.0. The van der Waals surface area contributed by atoms with Crippen LogP contribution < -0.4 is 9.64 Å². The van der Waals surface area contributed by atoms with Crippen molar-refractivity contribution in [2.45, 2.75) is 71.4 Å². The topological polar surface area (TPSA) is 53.0 Å². The van der Waals surface area contributed by atoms with E-state index in [4.69, 9.17) is 4.74 Å². The number of nitrogens with zero attached hydrogens (tertiary/aromatic N) is 2. The molecule has 4 fully saturated rings. The number of aryl methyl sites for hydroxylation is 1. The molecule has 5 heteroatoms. The molecule has 3 saturated carbocycles. The lowest BCUT2D eigenvalue weighted by Gasteiger charge is -2.64. The third kappa shape index (κ3) is 5.81. The average Bonchev–Trinajstić information content (AvgIpc) is 3.00. The zero-order chi connectivity index (χ0) is 29.3. The number of anilines is 1. The lowest BCUT2D eigenvalue weighted by Crippen LogP contribution is -2.63. The van der Waals surface area contributed by atoms with Crippen molar-refractivity contribution >= 4 is 11.7 Å². The lowest BCUT2D eigenvalue weighted by atomic mass is 9.44. The number of piperidine rings is 1. The molecule has 1 aliphatic heterocycles. The number of benzene rings is 3. The summed E-state index contributed by atoms with van der Waals surface area (Å²) in [6.45, 7) is 10.6. The molecule has 0 aromatic heterocycles. The molecule has 3 aromatic rings. The second-order valence-corrected chi connectivity index (χ2v) is 13.5. The van der Waals surface area contributed by atoms with Gasteiger partial charge in [-0.25, -0.2) is 4.79 Å². The normalized spacial score (nSPS) is 25.2. The van der Waals surface area contributed by atoms with Crippen LogP contribution in [-0.2, 0) is 6.42 Å². The van der Waals surface area contributed by atoms with Gasteiger partial charge < -0.3 is 14.7 Å². The summed E-state index contributed by atoms with van der Waals surface area (Å²) in [6, 6.07) is 27.2. The van der Waals surface area contributed by atoms with Gasteiger partial charge in [0.15, 0.2) is 0 Å². The Hall–Kier alpha value is -3.31. The third-order valence-corrected chi connectivity index (χ3v) is 10.9. The Morgan fingerprint density at radius 2 is 1.67 bits per heavy atom. The molecule has 0 amide bonds. The van der Waals surface area contributed by atoms with E-state index in [-0.39, 0.29) is 5.56 Å². The maximum atomic E-state index is 11.9. The summed E-state index contributed by atoms with van der Waals surface area (Å²) < 4.78 is 6.05. The van der Waals surface area contributed by atoms with Crippen molar-refractivity contribution in [2.24, 2.45) is 23.2 Å². The minimum absolute atomic E-state index is 0.190. The van der Waals surface area contributed by atoms with Crippen LogP contribution in [0.1, 0.15) is 68.8 Å².